The maximum absolute atomic E-state index is 11.8. The van der Waals surface area contributed by atoms with Crippen molar-refractivity contribution < 1.29 is 9.59 Å². The molecule has 2 heterocycles. The third kappa shape index (κ3) is 2.31. The third-order valence-electron chi connectivity index (χ3n) is 2.82. The minimum absolute atomic E-state index is 0.109. The van der Waals surface area contributed by atoms with Gasteiger partial charge in [-0.3, -0.25) is 14.5 Å². The van der Waals surface area contributed by atoms with E-state index in [-0.39, 0.29) is 12.3 Å². The summed E-state index contributed by atoms with van der Waals surface area (Å²) in [4.78, 5) is 28.7. The van der Waals surface area contributed by atoms with Crippen LogP contribution in [0.2, 0.25) is 0 Å². The number of anilines is 1. The molecule has 1 unspecified atom stereocenters. The van der Waals surface area contributed by atoms with Crippen molar-refractivity contribution in [3.63, 3.8) is 0 Å². The smallest absolute Gasteiger partial charge is 0.229 e. The van der Waals surface area contributed by atoms with Crippen molar-refractivity contribution >= 4 is 33.6 Å². The van der Waals surface area contributed by atoms with Crippen molar-refractivity contribution in [1.29, 1.82) is 0 Å². The Bertz CT molecular complexity index is 490. The molecule has 2 N–H and O–H groups in total. The van der Waals surface area contributed by atoms with E-state index in [1.54, 1.807) is 0 Å². The first-order valence-electron chi connectivity index (χ1n) is 5.22. The van der Waals surface area contributed by atoms with Gasteiger partial charge in [0.05, 0.1) is 5.92 Å². The van der Waals surface area contributed by atoms with Gasteiger partial charge in [0, 0.05) is 13.0 Å². The Kier molecular flexibility index (Phi) is 3.15. The standard InChI is InChI=1S/C11H12BrN3O2/c1-6-2-3-8(12)14-11(6)15-5-7(10(13)17)4-9(15)16/h2-3,7H,4-5H2,1H3,(H2,13,17). The lowest BCUT2D eigenvalue weighted by Gasteiger charge is -2.17. The molecule has 2 rings (SSSR count). The van der Waals surface area contributed by atoms with Gasteiger partial charge in [0.1, 0.15) is 10.4 Å². The molecule has 17 heavy (non-hydrogen) atoms. The molecule has 0 spiro atoms. The fourth-order valence-electron chi connectivity index (χ4n) is 1.87. The number of carbonyl (C=O) groups excluding carboxylic acids is 2. The van der Waals surface area contributed by atoms with Crippen molar-refractivity contribution in [3.8, 4) is 0 Å². The number of amides is 2. The van der Waals surface area contributed by atoms with E-state index in [1.165, 1.54) is 4.90 Å². The molecule has 0 bridgehead atoms. The molecule has 1 aliphatic rings. The van der Waals surface area contributed by atoms with Crippen molar-refractivity contribution in [1.82, 2.24) is 4.98 Å². The van der Waals surface area contributed by atoms with Crippen molar-refractivity contribution in [2.24, 2.45) is 11.7 Å². The van der Waals surface area contributed by atoms with Crippen LogP contribution < -0.4 is 10.6 Å². The number of rotatable bonds is 2. The zero-order valence-electron chi connectivity index (χ0n) is 9.31. The molecule has 1 atom stereocenters. The normalized spacial score (nSPS) is 19.8. The van der Waals surface area contributed by atoms with Crippen LogP contribution in [-0.4, -0.2) is 23.3 Å². The van der Waals surface area contributed by atoms with E-state index in [4.69, 9.17) is 5.73 Å². The highest BCUT2D eigenvalue weighted by molar-refractivity contribution is 9.10. The molecule has 0 saturated carbocycles. The molecule has 1 aliphatic heterocycles. The summed E-state index contributed by atoms with van der Waals surface area (Å²) in [6.45, 7) is 2.19. The maximum Gasteiger partial charge on any atom is 0.229 e. The summed E-state index contributed by atoms with van der Waals surface area (Å²) in [7, 11) is 0. The van der Waals surface area contributed by atoms with E-state index in [2.05, 4.69) is 20.9 Å². The van der Waals surface area contributed by atoms with Gasteiger partial charge in [-0.2, -0.15) is 0 Å². The zero-order chi connectivity index (χ0) is 12.6. The summed E-state index contributed by atoms with van der Waals surface area (Å²) < 4.78 is 0.661. The number of hydrogen-bond acceptors (Lipinski definition) is 3. The van der Waals surface area contributed by atoms with E-state index in [0.29, 0.717) is 17.0 Å². The Morgan fingerprint density at radius 2 is 2.29 bits per heavy atom. The van der Waals surface area contributed by atoms with E-state index >= 15 is 0 Å². The molecule has 2 amide bonds. The molecule has 1 fully saturated rings. The Morgan fingerprint density at radius 3 is 2.88 bits per heavy atom. The van der Waals surface area contributed by atoms with Gasteiger partial charge in [-0.1, -0.05) is 6.07 Å². The number of aromatic nitrogens is 1. The van der Waals surface area contributed by atoms with E-state index in [0.717, 1.165) is 5.56 Å². The SMILES string of the molecule is Cc1ccc(Br)nc1N1CC(C(N)=O)CC1=O. The number of primary amides is 1. The highest BCUT2D eigenvalue weighted by Gasteiger charge is 2.35. The maximum atomic E-state index is 11.8. The van der Waals surface area contributed by atoms with Crippen LogP contribution in [0.25, 0.3) is 0 Å². The van der Waals surface area contributed by atoms with Gasteiger partial charge < -0.3 is 5.73 Å². The number of hydrogen-bond donors (Lipinski definition) is 1. The van der Waals surface area contributed by atoms with Crippen molar-refractivity contribution in [3.05, 3.63) is 22.3 Å². The van der Waals surface area contributed by atoms with Crippen LogP contribution in [-0.2, 0) is 9.59 Å². The molecule has 1 saturated heterocycles. The Balaban J connectivity index is 2.32. The van der Waals surface area contributed by atoms with E-state index in [1.807, 2.05) is 19.1 Å². The molecular weight excluding hydrogens is 286 g/mol. The molecule has 1 aromatic heterocycles. The lowest BCUT2D eigenvalue weighted by molar-refractivity contribution is -0.123. The first kappa shape index (κ1) is 12.0. The lowest BCUT2D eigenvalue weighted by Crippen LogP contribution is -2.29. The quantitative estimate of drug-likeness (QED) is 0.827. The summed E-state index contributed by atoms with van der Waals surface area (Å²) >= 11 is 3.27. The number of nitrogens with two attached hydrogens (primary N) is 1. The summed E-state index contributed by atoms with van der Waals surface area (Å²) in [5.74, 6) is -0.369. The largest absolute Gasteiger partial charge is 0.369 e. The molecule has 5 nitrogen and oxygen atoms in total. The first-order valence-corrected chi connectivity index (χ1v) is 6.01. The van der Waals surface area contributed by atoms with Crippen molar-refractivity contribution in [2.45, 2.75) is 13.3 Å². The van der Waals surface area contributed by atoms with Crippen molar-refractivity contribution in [2.75, 3.05) is 11.4 Å². The number of halogens is 1. The number of aryl methyl sites for hydroxylation is 1. The van der Waals surface area contributed by atoms with Crippen LogP contribution in [0.3, 0.4) is 0 Å². The molecular formula is C11H12BrN3O2. The third-order valence-corrected chi connectivity index (χ3v) is 3.26. The highest BCUT2D eigenvalue weighted by atomic mass is 79.9. The second-order valence-electron chi connectivity index (χ2n) is 4.08. The van der Waals surface area contributed by atoms with E-state index in [9.17, 15) is 9.59 Å². The number of carbonyl (C=O) groups is 2. The average molecular weight is 298 g/mol. The molecule has 0 aromatic carbocycles. The molecule has 1 aromatic rings. The second kappa shape index (κ2) is 4.44. The predicted molar refractivity (Wildman–Crippen MR) is 66.3 cm³/mol. The highest BCUT2D eigenvalue weighted by Crippen LogP contribution is 2.27. The van der Waals surface area contributed by atoms with Gasteiger partial charge in [0.15, 0.2) is 0 Å². The van der Waals surface area contributed by atoms with Crippen LogP contribution >= 0.6 is 15.9 Å². The Hall–Kier alpha value is -1.43. The van der Waals surface area contributed by atoms with Gasteiger partial charge in [-0.15, -0.1) is 0 Å². The van der Waals surface area contributed by atoms with Crippen LogP contribution in [0.5, 0.6) is 0 Å². The monoisotopic (exact) mass is 297 g/mol. The van der Waals surface area contributed by atoms with E-state index < -0.39 is 11.8 Å². The minimum Gasteiger partial charge on any atom is -0.369 e. The summed E-state index contributed by atoms with van der Waals surface area (Å²) in [6, 6.07) is 3.68. The number of nitrogens with zero attached hydrogens (tertiary/aromatic N) is 2. The van der Waals surface area contributed by atoms with Crippen LogP contribution in [0.4, 0.5) is 5.82 Å². The molecule has 6 heteroatoms. The van der Waals surface area contributed by atoms with Crippen LogP contribution in [0.1, 0.15) is 12.0 Å². The number of pyridine rings is 1. The Labute approximate surface area is 107 Å². The van der Waals surface area contributed by atoms with Gasteiger partial charge in [0.2, 0.25) is 11.8 Å². The lowest BCUT2D eigenvalue weighted by atomic mass is 10.1. The average Bonchev–Trinajstić information content (AvgIpc) is 2.64. The van der Waals surface area contributed by atoms with Gasteiger partial charge in [-0.25, -0.2) is 4.98 Å². The van der Waals surface area contributed by atoms with Gasteiger partial charge >= 0.3 is 0 Å². The predicted octanol–water partition coefficient (Wildman–Crippen LogP) is 0.991. The zero-order valence-corrected chi connectivity index (χ0v) is 10.9. The van der Waals surface area contributed by atoms with Gasteiger partial charge in [-0.05, 0) is 34.5 Å². The fourth-order valence-corrected chi connectivity index (χ4v) is 2.17. The summed E-state index contributed by atoms with van der Waals surface area (Å²) in [6.07, 6.45) is 0.170. The molecule has 0 aliphatic carbocycles. The molecule has 0 radical (unpaired) electrons. The first-order chi connectivity index (χ1) is 7.99. The summed E-state index contributed by atoms with van der Waals surface area (Å²) in [5.41, 5.74) is 6.12. The topological polar surface area (TPSA) is 76.3 Å². The Morgan fingerprint density at radius 1 is 1.59 bits per heavy atom. The minimum atomic E-state index is -0.437. The van der Waals surface area contributed by atoms with Crippen LogP contribution in [0, 0.1) is 12.8 Å². The fraction of sp³-hybridized carbons (Fsp3) is 0.364. The van der Waals surface area contributed by atoms with Crippen LogP contribution in [0.15, 0.2) is 16.7 Å². The summed E-state index contributed by atoms with van der Waals surface area (Å²) in [5, 5.41) is 0. The molecule has 90 valence electrons. The second-order valence-corrected chi connectivity index (χ2v) is 4.89. The van der Waals surface area contributed by atoms with Gasteiger partial charge in [0.25, 0.3) is 0 Å².